The second-order valence-corrected chi connectivity index (χ2v) is 3.13. The van der Waals surface area contributed by atoms with E-state index in [4.69, 9.17) is 16.7 Å². The van der Waals surface area contributed by atoms with Crippen molar-refractivity contribution in [3.63, 3.8) is 0 Å². The number of nitrogens with zero attached hydrogens (tertiary/aromatic N) is 1. The molecular weight excluding hydrogens is 154 g/mol. The maximum atomic E-state index is 10.2. The molecule has 4 heteroatoms. The van der Waals surface area contributed by atoms with Gasteiger partial charge in [0.2, 0.25) is 0 Å². The van der Waals surface area contributed by atoms with Crippen molar-refractivity contribution in [2.45, 2.75) is 11.8 Å². The van der Waals surface area contributed by atoms with E-state index >= 15 is 0 Å². The highest BCUT2D eigenvalue weighted by Crippen LogP contribution is 2.13. The van der Waals surface area contributed by atoms with E-state index in [2.05, 4.69) is 0 Å². The molecule has 0 aliphatic carbocycles. The topological polar surface area (TPSA) is 40.5 Å². The average Bonchev–Trinajstić information content (AvgIpc) is 2.13. The molecule has 1 N–H and O–H groups in total. The highest BCUT2D eigenvalue weighted by atomic mass is 35.5. The van der Waals surface area contributed by atoms with E-state index in [-0.39, 0.29) is 11.9 Å². The summed E-state index contributed by atoms with van der Waals surface area (Å²) in [6, 6.07) is 0. The third-order valence-corrected chi connectivity index (χ3v) is 1.93. The normalized spacial score (nSPS) is 27.1. The molecule has 1 heterocycles. The van der Waals surface area contributed by atoms with Gasteiger partial charge in [-0.15, -0.1) is 11.6 Å². The standard InChI is InChI=1S/C6H10ClNO2/c7-5-1-2-8(3-5)4-6(9)10/h5H,1-4H2,(H,9,10). The summed E-state index contributed by atoms with van der Waals surface area (Å²) in [4.78, 5) is 12.0. The minimum absolute atomic E-state index is 0.128. The first-order valence-corrected chi connectivity index (χ1v) is 3.70. The van der Waals surface area contributed by atoms with E-state index in [1.165, 1.54) is 0 Å². The maximum Gasteiger partial charge on any atom is 0.317 e. The van der Waals surface area contributed by atoms with Crippen LogP contribution in [0.25, 0.3) is 0 Å². The van der Waals surface area contributed by atoms with Gasteiger partial charge in [0.1, 0.15) is 0 Å². The van der Waals surface area contributed by atoms with Crippen LogP contribution in [0.1, 0.15) is 6.42 Å². The lowest BCUT2D eigenvalue weighted by Crippen LogP contribution is -2.27. The summed E-state index contributed by atoms with van der Waals surface area (Å²) in [7, 11) is 0. The number of aliphatic carboxylic acids is 1. The Kier molecular flexibility index (Phi) is 2.51. The lowest BCUT2D eigenvalue weighted by Gasteiger charge is -2.09. The number of alkyl halides is 1. The highest BCUT2D eigenvalue weighted by Gasteiger charge is 2.21. The van der Waals surface area contributed by atoms with Crippen molar-refractivity contribution in [1.29, 1.82) is 0 Å². The summed E-state index contributed by atoms with van der Waals surface area (Å²) < 4.78 is 0. The van der Waals surface area contributed by atoms with Gasteiger partial charge < -0.3 is 5.11 Å². The smallest absolute Gasteiger partial charge is 0.317 e. The molecule has 0 aromatic heterocycles. The average molecular weight is 164 g/mol. The number of halogens is 1. The maximum absolute atomic E-state index is 10.2. The zero-order valence-corrected chi connectivity index (χ0v) is 6.34. The van der Waals surface area contributed by atoms with Crippen molar-refractivity contribution in [3.8, 4) is 0 Å². The number of carboxylic acid groups (broad SMARTS) is 1. The van der Waals surface area contributed by atoms with E-state index in [0.29, 0.717) is 6.54 Å². The largest absolute Gasteiger partial charge is 0.480 e. The number of likely N-dealkylation sites (tertiary alicyclic amines) is 1. The zero-order valence-electron chi connectivity index (χ0n) is 5.59. The second kappa shape index (κ2) is 3.21. The molecular formula is C6H10ClNO2. The zero-order chi connectivity index (χ0) is 7.56. The summed E-state index contributed by atoms with van der Waals surface area (Å²) in [5.41, 5.74) is 0. The summed E-state index contributed by atoms with van der Waals surface area (Å²) in [5.74, 6) is -0.772. The molecule has 1 aliphatic rings. The molecule has 1 fully saturated rings. The van der Waals surface area contributed by atoms with Crippen molar-refractivity contribution < 1.29 is 9.90 Å². The fourth-order valence-electron chi connectivity index (χ4n) is 1.12. The van der Waals surface area contributed by atoms with Crippen LogP contribution < -0.4 is 0 Å². The molecule has 1 atom stereocenters. The number of hydrogen-bond donors (Lipinski definition) is 1. The van der Waals surface area contributed by atoms with Crippen LogP contribution in [0.4, 0.5) is 0 Å². The first kappa shape index (κ1) is 7.82. The molecule has 0 amide bonds. The first-order chi connectivity index (χ1) is 4.68. The van der Waals surface area contributed by atoms with Crippen molar-refractivity contribution in [2.75, 3.05) is 19.6 Å². The van der Waals surface area contributed by atoms with Crippen LogP contribution in [0.2, 0.25) is 0 Å². The van der Waals surface area contributed by atoms with Crippen LogP contribution in [0.3, 0.4) is 0 Å². The quantitative estimate of drug-likeness (QED) is 0.599. The number of carboxylic acids is 1. The monoisotopic (exact) mass is 163 g/mol. The van der Waals surface area contributed by atoms with Crippen LogP contribution in [-0.4, -0.2) is 41.0 Å². The van der Waals surface area contributed by atoms with Crippen LogP contribution in [-0.2, 0) is 4.79 Å². The molecule has 0 aromatic rings. The highest BCUT2D eigenvalue weighted by molar-refractivity contribution is 6.20. The number of hydrogen-bond acceptors (Lipinski definition) is 2. The molecule has 3 nitrogen and oxygen atoms in total. The summed E-state index contributed by atoms with van der Waals surface area (Å²) >= 11 is 5.76. The van der Waals surface area contributed by atoms with Gasteiger partial charge in [0.05, 0.1) is 6.54 Å². The predicted octanol–water partition coefficient (Wildman–Crippen LogP) is 0.384. The van der Waals surface area contributed by atoms with Gasteiger partial charge in [-0.05, 0) is 6.42 Å². The lowest BCUT2D eigenvalue weighted by atomic mass is 10.4. The van der Waals surface area contributed by atoms with Crippen molar-refractivity contribution >= 4 is 17.6 Å². The van der Waals surface area contributed by atoms with Gasteiger partial charge in [-0.3, -0.25) is 9.69 Å². The predicted molar refractivity (Wildman–Crippen MR) is 38.3 cm³/mol. The Hall–Kier alpha value is -0.280. The van der Waals surface area contributed by atoms with Crippen molar-refractivity contribution in [1.82, 2.24) is 4.90 Å². The van der Waals surface area contributed by atoms with Gasteiger partial charge in [0.25, 0.3) is 0 Å². The molecule has 1 aliphatic heterocycles. The van der Waals surface area contributed by atoms with E-state index in [1.807, 2.05) is 4.90 Å². The molecule has 58 valence electrons. The molecule has 0 bridgehead atoms. The molecule has 10 heavy (non-hydrogen) atoms. The minimum Gasteiger partial charge on any atom is -0.480 e. The van der Waals surface area contributed by atoms with Gasteiger partial charge in [0.15, 0.2) is 0 Å². The minimum atomic E-state index is -0.772. The first-order valence-electron chi connectivity index (χ1n) is 3.26. The Morgan fingerprint density at radius 1 is 1.80 bits per heavy atom. The number of rotatable bonds is 2. The summed E-state index contributed by atoms with van der Waals surface area (Å²) in [5, 5.41) is 8.53. The number of carbonyl (C=O) groups is 1. The second-order valence-electron chi connectivity index (χ2n) is 2.51. The molecule has 0 aromatic carbocycles. The van der Waals surface area contributed by atoms with E-state index in [9.17, 15) is 4.79 Å². The lowest BCUT2D eigenvalue weighted by molar-refractivity contribution is -0.138. The Balaban J connectivity index is 2.24. The van der Waals surface area contributed by atoms with E-state index in [0.717, 1.165) is 13.0 Å². The Bertz CT molecular complexity index is 140. The summed E-state index contributed by atoms with van der Waals surface area (Å²) in [6.07, 6.45) is 0.912. The Labute approximate surface area is 64.6 Å². The van der Waals surface area contributed by atoms with Crippen LogP contribution in [0, 0.1) is 0 Å². The Morgan fingerprint density at radius 3 is 2.90 bits per heavy atom. The van der Waals surface area contributed by atoms with E-state index in [1.54, 1.807) is 0 Å². The molecule has 1 saturated heterocycles. The molecule has 0 saturated carbocycles. The molecule has 1 unspecified atom stereocenters. The molecule has 1 rings (SSSR count). The van der Waals surface area contributed by atoms with Crippen LogP contribution in [0.5, 0.6) is 0 Å². The van der Waals surface area contributed by atoms with Gasteiger partial charge in [-0.2, -0.15) is 0 Å². The van der Waals surface area contributed by atoms with Gasteiger partial charge in [0, 0.05) is 18.5 Å². The SMILES string of the molecule is O=C(O)CN1CCC(Cl)C1. The fourth-order valence-corrected chi connectivity index (χ4v) is 1.41. The van der Waals surface area contributed by atoms with E-state index < -0.39 is 5.97 Å². The summed E-state index contributed by atoms with van der Waals surface area (Å²) in [6.45, 7) is 1.66. The van der Waals surface area contributed by atoms with Crippen LogP contribution in [0.15, 0.2) is 0 Å². The van der Waals surface area contributed by atoms with Crippen LogP contribution >= 0.6 is 11.6 Å². The fraction of sp³-hybridized carbons (Fsp3) is 0.833. The third-order valence-electron chi connectivity index (χ3n) is 1.57. The van der Waals surface area contributed by atoms with Gasteiger partial charge >= 0.3 is 5.97 Å². The van der Waals surface area contributed by atoms with Gasteiger partial charge in [-0.25, -0.2) is 0 Å². The molecule has 0 radical (unpaired) electrons. The Morgan fingerprint density at radius 2 is 2.50 bits per heavy atom. The molecule has 0 spiro atoms. The van der Waals surface area contributed by atoms with Crippen molar-refractivity contribution in [2.24, 2.45) is 0 Å². The van der Waals surface area contributed by atoms with Crippen molar-refractivity contribution in [3.05, 3.63) is 0 Å². The van der Waals surface area contributed by atoms with Gasteiger partial charge in [-0.1, -0.05) is 0 Å². The third kappa shape index (κ3) is 2.15.